The summed E-state index contributed by atoms with van der Waals surface area (Å²) >= 11 is 1.36. The molecule has 1 aromatic heterocycles. The third kappa shape index (κ3) is 3.70. The second-order valence-corrected chi connectivity index (χ2v) is 5.91. The van der Waals surface area contributed by atoms with Crippen molar-refractivity contribution in [3.8, 4) is 0 Å². The number of aromatic nitrogens is 1. The van der Waals surface area contributed by atoms with Crippen LogP contribution in [0, 0.1) is 0 Å². The molecule has 2 heterocycles. The topological polar surface area (TPSA) is 95.0 Å². The van der Waals surface area contributed by atoms with Gasteiger partial charge in [-0.15, -0.1) is 11.3 Å². The molecule has 1 aliphatic rings. The van der Waals surface area contributed by atoms with Crippen molar-refractivity contribution in [1.29, 1.82) is 0 Å². The van der Waals surface area contributed by atoms with Gasteiger partial charge in [-0.1, -0.05) is 18.5 Å². The zero-order chi connectivity index (χ0) is 15.2. The lowest BCUT2D eigenvalue weighted by Gasteiger charge is -2.38. The molecular weight excluding hydrogens is 290 g/mol. The van der Waals surface area contributed by atoms with Gasteiger partial charge in [0.2, 0.25) is 0 Å². The second-order valence-electron chi connectivity index (χ2n) is 5.02. The monoisotopic (exact) mass is 311 g/mol. The first kappa shape index (κ1) is 15.7. The van der Waals surface area contributed by atoms with Gasteiger partial charge in [0.25, 0.3) is 5.91 Å². The smallest absolute Gasteiger partial charge is 0.265 e. The molecule has 8 heteroatoms. The van der Waals surface area contributed by atoms with E-state index in [2.05, 4.69) is 22.0 Å². The molecule has 1 fully saturated rings. The Labute approximate surface area is 128 Å². The Morgan fingerprint density at radius 1 is 1.52 bits per heavy atom. The molecular formula is C13H21N5O2S. The normalized spacial score (nSPS) is 18.7. The van der Waals surface area contributed by atoms with Crippen LogP contribution in [0.25, 0.3) is 0 Å². The van der Waals surface area contributed by atoms with Crippen LogP contribution >= 0.6 is 11.3 Å². The molecule has 1 amide bonds. The average molecular weight is 311 g/mol. The van der Waals surface area contributed by atoms with Crippen molar-refractivity contribution in [3.63, 3.8) is 0 Å². The highest BCUT2D eigenvalue weighted by molar-refractivity contribution is 7.11. The molecule has 2 rings (SSSR count). The van der Waals surface area contributed by atoms with Crippen LogP contribution in [0.5, 0.6) is 0 Å². The van der Waals surface area contributed by atoms with E-state index in [9.17, 15) is 4.79 Å². The minimum Gasteiger partial charge on any atom is -0.409 e. The van der Waals surface area contributed by atoms with Gasteiger partial charge in [-0.05, 0) is 6.42 Å². The SMILES string of the molecule is CCCC(C(N)=NO)N1CCN(C(=O)c2cncs2)CC1. The number of thiazole rings is 1. The first-order valence-electron chi connectivity index (χ1n) is 7.06. The minimum absolute atomic E-state index is 0.0352. The summed E-state index contributed by atoms with van der Waals surface area (Å²) in [7, 11) is 0. The lowest BCUT2D eigenvalue weighted by atomic mass is 10.1. The molecule has 0 aliphatic carbocycles. The van der Waals surface area contributed by atoms with Gasteiger partial charge in [0.15, 0.2) is 5.84 Å². The van der Waals surface area contributed by atoms with Gasteiger partial charge in [0, 0.05) is 26.2 Å². The van der Waals surface area contributed by atoms with Gasteiger partial charge in [0.1, 0.15) is 4.88 Å². The number of rotatable bonds is 5. The van der Waals surface area contributed by atoms with Crippen molar-refractivity contribution in [2.24, 2.45) is 10.9 Å². The predicted molar refractivity (Wildman–Crippen MR) is 81.7 cm³/mol. The van der Waals surface area contributed by atoms with Crippen molar-refractivity contribution in [3.05, 3.63) is 16.6 Å². The molecule has 1 aliphatic heterocycles. The van der Waals surface area contributed by atoms with Crippen molar-refractivity contribution < 1.29 is 10.0 Å². The van der Waals surface area contributed by atoms with Gasteiger partial charge in [-0.2, -0.15) is 0 Å². The molecule has 3 N–H and O–H groups in total. The van der Waals surface area contributed by atoms with E-state index in [4.69, 9.17) is 10.9 Å². The maximum absolute atomic E-state index is 12.2. The Morgan fingerprint density at radius 3 is 2.76 bits per heavy atom. The maximum Gasteiger partial charge on any atom is 0.265 e. The molecule has 0 aromatic carbocycles. The van der Waals surface area contributed by atoms with Gasteiger partial charge >= 0.3 is 0 Å². The number of carbonyl (C=O) groups excluding carboxylic acids is 1. The molecule has 1 aromatic rings. The summed E-state index contributed by atoms with van der Waals surface area (Å²) in [4.78, 5) is 20.9. The highest BCUT2D eigenvalue weighted by Gasteiger charge is 2.28. The highest BCUT2D eigenvalue weighted by atomic mass is 32.1. The Morgan fingerprint density at radius 2 is 2.24 bits per heavy atom. The van der Waals surface area contributed by atoms with E-state index < -0.39 is 0 Å². The highest BCUT2D eigenvalue weighted by Crippen LogP contribution is 2.15. The molecule has 7 nitrogen and oxygen atoms in total. The van der Waals surface area contributed by atoms with Gasteiger partial charge in [-0.3, -0.25) is 14.7 Å². The van der Waals surface area contributed by atoms with E-state index in [1.807, 2.05) is 4.90 Å². The van der Waals surface area contributed by atoms with Crippen molar-refractivity contribution in [2.45, 2.75) is 25.8 Å². The molecule has 21 heavy (non-hydrogen) atoms. The standard InChI is InChI=1S/C13H21N5O2S/c1-2-3-10(12(14)16-20)17-4-6-18(7-5-17)13(19)11-8-15-9-21-11/h8-10,20H,2-7H2,1H3,(H2,14,16). The molecule has 0 spiro atoms. The number of oxime groups is 1. The quantitative estimate of drug-likeness (QED) is 0.363. The van der Waals surface area contributed by atoms with Crippen molar-refractivity contribution >= 4 is 23.1 Å². The van der Waals surface area contributed by atoms with Gasteiger partial charge in [0.05, 0.1) is 17.7 Å². The van der Waals surface area contributed by atoms with Crippen LogP contribution in [0.1, 0.15) is 29.4 Å². The Bertz CT molecular complexity index is 483. The summed E-state index contributed by atoms with van der Waals surface area (Å²) in [6, 6.07) is -0.0549. The Balaban J connectivity index is 1.94. The van der Waals surface area contributed by atoms with Gasteiger partial charge in [-0.25, -0.2) is 0 Å². The molecule has 1 atom stereocenters. The molecule has 1 unspecified atom stereocenters. The van der Waals surface area contributed by atoms with Crippen LogP contribution in [0.2, 0.25) is 0 Å². The summed E-state index contributed by atoms with van der Waals surface area (Å²) in [6.45, 7) is 4.82. The zero-order valence-electron chi connectivity index (χ0n) is 12.1. The van der Waals surface area contributed by atoms with E-state index in [-0.39, 0.29) is 17.8 Å². The first-order chi connectivity index (χ1) is 10.2. The number of amidine groups is 1. The fourth-order valence-corrected chi connectivity index (χ4v) is 3.16. The van der Waals surface area contributed by atoms with Crippen LogP contribution in [-0.2, 0) is 0 Å². The number of carbonyl (C=O) groups is 1. The molecule has 0 radical (unpaired) electrons. The largest absolute Gasteiger partial charge is 0.409 e. The fourth-order valence-electron chi connectivity index (χ4n) is 2.57. The van der Waals surface area contributed by atoms with E-state index in [1.165, 1.54) is 11.3 Å². The minimum atomic E-state index is -0.0549. The van der Waals surface area contributed by atoms with Crippen LogP contribution in [0.3, 0.4) is 0 Å². The second kappa shape index (κ2) is 7.37. The summed E-state index contributed by atoms with van der Waals surface area (Å²) < 4.78 is 0. The van der Waals surface area contributed by atoms with Crippen LogP contribution in [0.4, 0.5) is 0 Å². The van der Waals surface area contributed by atoms with E-state index in [0.29, 0.717) is 18.0 Å². The molecule has 0 bridgehead atoms. The van der Waals surface area contributed by atoms with Crippen LogP contribution in [-0.4, -0.2) is 64.0 Å². The number of hydrogen-bond acceptors (Lipinski definition) is 6. The lowest BCUT2D eigenvalue weighted by Crippen LogP contribution is -2.55. The number of hydrogen-bond donors (Lipinski definition) is 2. The summed E-state index contributed by atoms with van der Waals surface area (Å²) in [5, 5.41) is 12.0. The number of nitrogens with zero attached hydrogens (tertiary/aromatic N) is 4. The Hall–Kier alpha value is -1.67. The van der Waals surface area contributed by atoms with E-state index in [1.54, 1.807) is 11.7 Å². The maximum atomic E-state index is 12.2. The predicted octanol–water partition coefficient (Wildman–Crippen LogP) is 0.816. The van der Waals surface area contributed by atoms with Gasteiger partial charge < -0.3 is 15.8 Å². The summed E-state index contributed by atoms with van der Waals surface area (Å²) in [6.07, 6.45) is 3.41. The number of nitrogens with two attached hydrogens (primary N) is 1. The zero-order valence-corrected chi connectivity index (χ0v) is 12.9. The van der Waals surface area contributed by atoms with E-state index >= 15 is 0 Å². The Kier molecular flexibility index (Phi) is 5.51. The average Bonchev–Trinajstić information content (AvgIpc) is 3.06. The molecule has 0 saturated carbocycles. The third-order valence-electron chi connectivity index (χ3n) is 3.70. The van der Waals surface area contributed by atoms with Crippen molar-refractivity contribution in [1.82, 2.24) is 14.8 Å². The van der Waals surface area contributed by atoms with Crippen LogP contribution in [0.15, 0.2) is 16.9 Å². The first-order valence-corrected chi connectivity index (χ1v) is 7.94. The third-order valence-corrected chi connectivity index (χ3v) is 4.47. The van der Waals surface area contributed by atoms with E-state index in [0.717, 1.165) is 25.9 Å². The van der Waals surface area contributed by atoms with Crippen molar-refractivity contribution in [2.75, 3.05) is 26.2 Å². The molecule has 116 valence electrons. The fraction of sp³-hybridized carbons (Fsp3) is 0.615. The number of piperazine rings is 1. The number of amides is 1. The van der Waals surface area contributed by atoms with Crippen LogP contribution < -0.4 is 5.73 Å². The lowest BCUT2D eigenvalue weighted by molar-refractivity contribution is 0.0610. The molecule has 1 saturated heterocycles. The summed E-state index contributed by atoms with van der Waals surface area (Å²) in [5.74, 6) is 0.284. The summed E-state index contributed by atoms with van der Waals surface area (Å²) in [5.41, 5.74) is 7.44.